The molecular weight excluding hydrogens is 382 g/mol. The number of carbonyl (C=O) groups is 4. The van der Waals surface area contributed by atoms with Crippen LogP contribution in [-0.2, 0) is 23.8 Å². The van der Waals surface area contributed by atoms with E-state index in [0.29, 0.717) is 24.0 Å². The first-order chi connectivity index (χ1) is 14.0. The van der Waals surface area contributed by atoms with Gasteiger partial charge in [-0.2, -0.15) is 0 Å². The number of fused-ring (bicyclic) bond motifs is 1. The third kappa shape index (κ3) is 7.28. The van der Waals surface area contributed by atoms with E-state index in [2.05, 4.69) is 0 Å². The van der Waals surface area contributed by atoms with E-state index in [1.807, 2.05) is 0 Å². The van der Waals surface area contributed by atoms with Crippen molar-refractivity contribution in [3.05, 3.63) is 35.4 Å². The van der Waals surface area contributed by atoms with Gasteiger partial charge in [0, 0.05) is 12.8 Å². The van der Waals surface area contributed by atoms with Crippen LogP contribution in [0.5, 0.6) is 0 Å². The first-order valence-electron chi connectivity index (χ1n) is 9.49. The number of ether oxygens (including phenoxy) is 3. The lowest BCUT2D eigenvalue weighted by molar-refractivity contribution is -0.146. The van der Waals surface area contributed by atoms with E-state index in [1.54, 1.807) is 24.3 Å². The number of benzene rings is 1. The van der Waals surface area contributed by atoms with Crippen molar-refractivity contribution in [2.75, 3.05) is 39.6 Å². The number of amides is 2. The van der Waals surface area contributed by atoms with Crippen LogP contribution in [0.3, 0.4) is 0 Å². The summed E-state index contributed by atoms with van der Waals surface area (Å²) in [5, 5.41) is 8.50. The highest BCUT2D eigenvalue weighted by Crippen LogP contribution is 2.21. The molecule has 1 aliphatic heterocycles. The highest BCUT2D eigenvalue weighted by Gasteiger charge is 2.34. The average Bonchev–Trinajstić information content (AvgIpc) is 2.94. The second kappa shape index (κ2) is 11.9. The highest BCUT2D eigenvalue weighted by atomic mass is 16.6. The SMILES string of the molecule is O=C(O)CCCCC(=O)OCCOCCOCCN1C(=O)c2ccccc2C1=O. The van der Waals surface area contributed by atoms with Crippen molar-refractivity contribution in [3.63, 3.8) is 0 Å². The van der Waals surface area contributed by atoms with Crippen molar-refractivity contribution in [2.45, 2.75) is 25.7 Å². The molecule has 0 unspecified atom stereocenters. The second-order valence-electron chi connectivity index (χ2n) is 6.35. The smallest absolute Gasteiger partial charge is 0.305 e. The summed E-state index contributed by atoms with van der Waals surface area (Å²) in [4.78, 5) is 47.3. The number of carboxylic acid groups (broad SMARTS) is 1. The zero-order valence-electron chi connectivity index (χ0n) is 16.1. The van der Waals surface area contributed by atoms with E-state index < -0.39 is 5.97 Å². The maximum Gasteiger partial charge on any atom is 0.305 e. The molecule has 1 aliphatic rings. The minimum absolute atomic E-state index is 0.0450. The molecule has 0 fully saturated rings. The molecule has 0 atom stereocenters. The topological polar surface area (TPSA) is 119 Å². The fourth-order valence-electron chi connectivity index (χ4n) is 2.75. The Hall–Kier alpha value is -2.78. The van der Waals surface area contributed by atoms with E-state index in [4.69, 9.17) is 19.3 Å². The van der Waals surface area contributed by atoms with Crippen molar-refractivity contribution < 1.29 is 38.5 Å². The average molecular weight is 407 g/mol. The van der Waals surface area contributed by atoms with Crippen LogP contribution in [-0.4, -0.2) is 73.3 Å². The highest BCUT2D eigenvalue weighted by molar-refractivity contribution is 6.21. The summed E-state index contributed by atoms with van der Waals surface area (Å²) in [5.74, 6) is -1.88. The second-order valence-corrected chi connectivity index (χ2v) is 6.35. The van der Waals surface area contributed by atoms with Crippen molar-refractivity contribution in [1.29, 1.82) is 0 Å². The van der Waals surface area contributed by atoms with Crippen LogP contribution >= 0.6 is 0 Å². The Balaban J connectivity index is 1.45. The predicted molar refractivity (Wildman–Crippen MR) is 101 cm³/mol. The van der Waals surface area contributed by atoms with Crippen molar-refractivity contribution >= 4 is 23.8 Å². The van der Waals surface area contributed by atoms with Crippen molar-refractivity contribution in [1.82, 2.24) is 4.90 Å². The lowest BCUT2D eigenvalue weighted by atomic mass is 10.1. The molecule has 0 aromatic heterocycles. The molecular formula is C20H25NO8. The summed E-state index contributed by atoms with van der Waals surface area (Å²) in [6.45, 7) is 1.30. The molecule has 9 heteroatoms. The number of carboxylic acids is 1. The number of carbonyl (C=O) groups excluding carboxylic acids is 3. The summed E-state index contributed by atoms with van der Waals surface area (Å²) >= 11 is 0. The van der Waals surface area contributed by atoms with E-state index in [1.165, 1.54) is 4.90 Å². The monoisotopic (exact) mass is 407 g/mol. The van der Waals surface area contributed by atoms with E-state index in [-0.39, 0.29) is 70.2 Å². The van der Waals surface area contributed by atoms with E-state index in [0.717, 1.165) is 0 Å². The van der Waals surface area contributed by atoms with E-state index in [9.17, 15) is 19.2 Å². The van der Waals surface area contributed by atoms with Gasteiger partial charge in [-0.15, -0.1) is 0 Å². The van der Waals surface area contributed by atoms with Crippen LogP contribution in [0.15, 0.2) is 24.3 Å². The van der Waals surface area contributed by atoms with Gasteiger partial charge >= 0.3 is 11.9 Å². The van der Waals surface area contributed by atoms with Gasteiger partial charge in [-0.05, 0) is 25.0 Å². The molecule has 0 saturated carbocycles. The number of hydrogen-bond acceptors (Lipinski definition) is 7. The number of aliphatic carboxylic acids is 1. The third-order valence-electron chi connectivity index (χ3n) is 4.22. The number of nitrogens with zero attached hydrogens (tertiary/aromatic N) is 1. The molecule has 1 aromatic rings. The van der Waals surface area contributed by atoms with Crippen LogP contribution in [0.2, 0.25) is 0 Å². The maximum absolute atomic E-state index is 12.2. The molecule has 0 saturated heterocycles. The first-order valence-corrected chi connectivity index (χ1v) is 9.49. The number of rotatable bonds is 14. The van der Waals surface area contributed by atoms with Crippen LogP contribution in [0.25, 0.3) is 0 Å². The summed E-state index contributed by atoms with van der Waals surface area (Å²) in [6.07, 6.45) is 1.16. The van der Waals surface area contributed by atoms with Crippen molar-refractivity contribution in [2.24, 2.45) is 0 Å². The zero-order valence-corrected chi connectivity index (χ0v) is 16.1. The van der Waals surface area contributed by atoms with Gasteiger partial charge in [-0.1, -0.05) is 12.1 Å². The lowest BCUT2D eigenvalue weighted by Gasteiger charge is -2.13. The Bertz CT molecular complexity index is 698. The molecule has 1 N–H and O–H groups in total. The zero-order chi connectivity index (χ0) is 21.1. The van der Waals surface area contributed by atoms with Gasteiger partial charge in [0.05, 0.1) is 44.1 Å². The van der Waals surface area contributed by atoms with Gasteiger partial charge in [0.15, 0.2) is 0 Å². The molecule has 0 aliphatic carbocycles. The molecule has 0 spiro atoms. The van der Waals surface area contributed by atoms with Gasteiger partial charge in [0.1, 0.15) is 6.61 Å². The molecule has 158 valence electrons. The molecule has 0 bridgehead atoms. The fraction of sp³-hybridized carbons (Fsp3) is 0.500. The van der Waals surface area contributed by atoms with Crippen molar-refractivity contribution in [3.8, 4) is 0 Å². The molecule has 0 radical (unpaired) electrons. The molecule has 1 aromatic carbocycles. The maximum atomic E-state index is 12.2. The predicted octanol–water partition coefficient (Wildman–Crippen LogP) is 1.50. The lowest BCUT2D eigenvalue weighted by Crippen LogP contribution is -2.33. The number of hydrogen-bond donors (Lipinski definition) is 1. The van der Waals surface area contributed by atoms with Crippen LogP contribution in [0.4, 0.5) is 0 Å². The quantitative estimate of drug-likeness (QED) is 0.280. The normalized spacial score (nSPS) is 12.9. The van der Waals surface area contributed by atoms with Crippen LogP contribution in [0, 0.1) is 0 Å². The Morgan fingerprint density at radius 3 is 2.00 bits per heavy atom. The van der Waals surface area contributed by atoms with Crippen LogP contribution in [0.1, 0.15) is 46.4 Å². The molecule has 1 heterocycles. The van der Waals surface area contributed by atoms with Gasteiger partial charge in [0.2, 0.25) is 0 Å². The Morgan fingerprint density at radius 2 is 1.38 bits per heavy atom. The van der Waals surface area contributed by atoms with Gasteiger partial charge in [-0.3, -0.25) is 24.1 Å². The van der Waals surface area contributed by atoms with Gasteiger partial charge < -0.3 is 19.3 Å². The summed E-state index contributed by atoms with van der Waals surface area (Å²) in [7, 11) is 0. The number of esters is 1. The molecule has 9 nitrogen and oxygen atoms in total. The Kier molecular flexibility index (Phi) is 9.26. The Morgan fingerprint density at radius 1 is 0.828 bits per heavy atom. The van der Waals surface area contributed by atoms with Gasteiger partial charge in [-0.25, -0.2) is 0 Å². The summed E-state index contributed by atoms with van der Waals surface area (Å²) < 4.78 is 15.6. The minimum Gasteiger partial charge on any atom is -0.481 e. The largest absolute Gasteiger partial charge is 0.481 e. The summed E-state index contributed by atoms with van der Waals surface area (Å²) in [5.41, 5.74) is 0.828. The van der Waals surface area contributed by atoms with E-state index >= 15 is 0 Å². The minimum atomic E-state index is -0.877. The standard InChI is InChI=1S/C20H25NO8/c22-17(23)7-3-4-8-18(24)29-14-13-28-12-11-27-10-9-21-19(25)15-5-1-2-6-16(15)20(21)26/h1-2,5-6H,3-4,7-14H2,(H,22,23). The molecule has 2 amide bonds. The first kappa shape index (κ1) is 22.5. The third-order valence-corrected chi connectivity index (χ3v) is 4.22. The summed E-state index contributed by atoms with van der Waals surface area (Å²) in [6, 6.07) is 6.70. The van der Waals surface area contributed by atoms with Crippen LogP contribution < -0.4 is 0 Å². The fourth-order valence-corrected chi connectivity index (χ4v) is 2.75. The molecule has 29 heavy (non-hydrogen) atoms. The number of unbranched alkanes of at least 4 members (excludes halogenated alkanes) is 1. The number of imide groups is 1. The molecule has 2 rings (SSSR count). The Labute approximate surface area is 168 Å². The van der Waals surface area contributed by atoms with Gasteiger partial charge in [0.25, 0.3) is 11.8 Å².